The number of fused-ring (bicyclic) bond motifs is 1. The molecule has 0 fully saturated rings. The molecule has 0 saturated heterocycles. The highest BCUT2D eigenvalue weighted by Gasteiger charge is 2.10. The highest BCUT2D eigenvalue weighted by Crippen LogP contribution is 2.39. The lowest BCUT2D eigenvalue weighted by atomic mass is 10.0. The maximum Gasteiger partial charge on any atom is 0.0361 e. The number of thiophene rings is 2. The molecule has 0 aliphatic heterocycles. The average Bonchev–Trinajstić information content (AvgIpc) is 3.16. The fraction of sp³-hybridized carbons (Fsp3) is 0. The lowest BCUT2D eigenvalue weighted by Gasteiger charge is -2.05. The van der Waals surface area contributed by atoms with Crippen LogP contribution in [0.15, 0.2) is 72.1 Å². The molecule has 0 bridgehead atoms. The molecule has 0 aliphatic carbocycles. The van der Waals surface area contributed by atoms with E-state index in [0.29, 0.717) is 0 Å². The van der Waals surface area contributed by atoms with Crippen molar-refractivity contribution in [2.24, 2.45) is 0 Å². The molecule has 0 unspecified atom stereocenters. The zero-order valence-electron chi connectivity index (χ0n) is 10.7. The van der Waals surface area contributed by atoms with Crippen LogP contribution in [0.1, 0.15) is 0 Å². The zero-order chi connectivity index (χ0) is 13.4. The SMILES string of the molecule is c1csc(-c2ccccc2-c2cc3ccccc3s2)c1. The largest absolute Gasteiger partial charge is 0.144 e. The van der Waals surface area contributed by atoms with Crippen molar-refractivity contribution in [2.75, 3.05) is 0 Å². The molecule has 96 valence electrons. The molecule has 2 aromatic heterocycles. The lowest BCUT2D eigenvalue weighted by Crippen LogP contribution is -1.78. The van der Waals surface area contributed by atoms with Crippen LogP contribution in [-0.4, -0.2) is 0 Å². The van der Waals surface area contributed by atoms with Gasteiger partial charge in [0.15, 0.2) is 0 Å². The molecular formula is C18H12S2. The predicted octanol–water partition coefficient (Wildman–Crippen LogP) is 6.30. The van der Waals surface area contributed by atoms with Gasteiger partial charge in [-0.15, -0.1) is 22.7 Å². The Morgan fingerprint density at radius 3 is 2.15 bits per heavy atom. The van der Waals surface area contributed by atoms with Crippen molar-refractivity contribution < 1.29 is 0 Å². The van der Waals surface area contributed by atoms with Crippen molar-refractivity contribution >= 4 is 32.8 Å². The van der Waals surface area contributed by atoms with Gasteiger partial charge in [0.1, 0.15) is 0 Å². The highest BCUT2D eigenvalue weighted by molar-refractivity contribution is 7.22. The normalized spacial score (nSPS) is 11.0. The van der Waals surface area contributed by atoms with Gasteiger partial charge < -0.3 is 0 Å². The molecule has 0 spiro atoms. The van der Waals surface area contributed by atoms with E-state index in [1.807, 2.05) is 11.3 Å². The molecule has 2 heteroatoms. The van der Waals surface area contributed by atoms with Gasteiger partial charge >= 0.3 is 0 Å². The fourth-order valence-electron chi connectivity index (χ4n) is 2.46. The van der Waals surface area contributed by atoms with Crippen molar-refractivity contribution in [3.8, 4) is 20.9 Å². The Labute approximate surface area is 126 Å². The Hall–Kier alpha value is -1.90. The Kier molecular flexibility index (Phi) is 2.91. The summed E-state index contributed by atoms with van der Waals surface area (Å²) in [4.78, 5) is 2.67. The van der Waals surface area contributed by atoms with Gasteiger partial charge in [-0.25, -0.2) is 0 Å². The van der Waals surface area contributed by atoms with E-state index >= 15 is 0 Å². The molecule has 0 N–H and O–H groups in total. The summed E-state index contributed by atoms with van der Waals surface area (Å²) in [6, 6.07) is 23.9. The summed E-state index contributed by atoms with van der Waals surface area (Å²) in [7, 11) is 0. The molecule has 2 heterocycles. The van der Waals surface area contributed by atoms with Gasteiger partial charge in [-0.3, -0.25) is 0 Å². The van der Waals surface area contributed by atoms with Gasteiger partial charge in [0.25, 0.3) is 0 Å². The monoisotopic (exact) mass is 292 g/mol. The fourth-order valence-corrected chi connectivity index (χ4v) is 4.33. The Morgan fingerprint density at radius 2 is 1.40 bits per heavy atom. The molecule has 0 nitrogen and oxygen atoms in total. The van der Waals surface area contributed by atoms with Crippen LogP contribution in [0.25, 0.3) is 31.0 Å². The summed E-state index contributed by atoms with van der Waals surface area (Å²) >= 11 is 3.66. The smallest absolute Gasteiger partial charge is 0.0361 e. The predicted molar refractivity (Wildman–Crippen MR) is 90.6 cm³/mol. The molecule has 0 radical (unpaired) electrons. The van der Waals surface area contributed by atoms with Gasteiger partial charge in [0, 0.05) is 25.6 Å². The second kappa shape index (κ2) is 4.89. The van der Waals surface area contributed by atoms with Crippen LogP contribution in [0.2, 0.25) is 0 Å². The van der Waals surface area contributed by atoms with Crippen LogP contribution in [0, 0.1) is 0 Å². The quantitative estimate of drug-likeness (QED) is 0.407. The third kappa shape index (κ3) is 1.98. The van der Waals surface area contributed by atoms with E-state index in [-0.39, 0.29) is 0 Å². The number of hydrogen-bond donors (Lipinski definition) is 0. The van der Waals surface area contributed by atoms with Crippen LogP contribution >= 0.6 is 22.7 Å². The second-order valence-electron chi connectivity index (χ2n) is 4.67. The minimum Gasteiger partial charge on any atom is -0.144 e. The number of rotatable bonds is 2. The van der Waals surface area contributed by atoms with Gasteiger partial charge in [0.2, 0.25) is 0 Å². The van der Waals surface area contributed by atoms with E-state index in [4.69, 9.17) is 0 Å². The van der Waals surface area contributed by atoms with Crippen LogP contribution in [0.4, 0.5) is 0 Å². The summed E-state index contributed by atoms with van der Waals surface area (Å²) in [6.45, 7) is 0. The molecule has 0 saturated carbocycles. The van der Waals surface area contributed by atoms with E-state index in [0.717, 1.165) is 0 Å². The van der Waals surface area contributed by atoms with E-state index in [1.165, 1.54) is 31.0 Å². The average molecular weight is 292 g/mol. The minimum absolute atomic E-state index is 1.33. The molecule has 0 aliphatic rings. The maximum absolute atomic E-state index is 2.30. The third-order valence-electron chi connectivity index (χ3n) is 3.40. The molecule has 4 aromatic rings. The first-order chi connectivity index (χ1) is 9.92. The lowest BCUT2D eigenvalue weighted by molar-refractivity contribution is 1.69. The van der Waals surface area contributed by atoms with Gasteiger partial charge in [0.05, 0.1) is 0 Å². The molecule has 2 aromatic carbocycles. The molecule has 4 rings (SSSR count). The summed E-state index contributed by atoms with van der Waals surface area (Å²) in [5.41, 5.74) is 2.66. The molecule has 0 amide bonds. The van der Waals surface area contributed by atoms with Crippen LogP contribution in [0.5, 0.6) is 0 Å². The van der Waals surface area contributed by atoms with Crippen molar-refractivity contribution in [1.29, 1.82) is 0 Å². The van der Waals surface area contributed by atoms with Gasteiger partial charge in [-0.05, 0) is 29.0 Å². The van der Waals surface area contributed by atoms with Gasteiger partial charge in [-0.1, -0.05) is 48.5 Å². The van der Waals surface area contributed by atoms with Crippen LogP contribution in [-0.2, 0) is 0 Å². The van der Waals surface area contributed by atoms with Crippen molar-refractivity contribution in [2.45, 2.75) is 0 Å². The zero-order valence-corrected chi connectivity index (χ0v) is 12.4. The van der Waals surface area contributed by atoms with E-state index in [1.54, 1.807) is 11.3 Å². The summed E-state index contributed by atoms with van der Waals surface area (Å²) in [5, 5.41) is 3.46. The highest BCUT2D eigenvalue weighted by atomic mass is 32.1. The van der Waals surface area contributed by atoms with Crippen molar-refractivity contribution in [3.05, 3.63) is 72.1 Å². The van der Waals surface area contributed by atoms with Crippen LogP contribution < -0.4 is 0 Å². The Bertz CT molecular complexity index is 821. The van der Waals surface area contributed by atoms with Gasteiger partial charge in [-0.2, -0.15) is 0 Å². The molecular weight excluding hydrogens is 280 g/mol. The maximum atomic E-state index is 2.30. The van der Waals surface area contributed by atoms with Crippen molar-refractivity contribution in [3.63, 3.8) is 0 Å². The summed E-state index contributed by atoms with van der Waals surface area (Å²) < 4.78 is 1.35. The first kappa shape index (κ1) is 11.9. The summed E-state index contributed by atoms with van der Waals surface area (Å²) in [5.74, 6) is 0. The minimum atomic E-state index is 1.33. The Morgan fingerprint density at radius 1 is 0.650 bits per heavy atom. The number of benzene rings is 2. The Balaban J connectivity index is 1.94. The third-order valence-corrected chi connectivity index (χ3v) is 5.46. The van der Waals surface area contributed by atoms with Crippen LogP contribution in [0.3, 0.4) is 0 Å². The first-order valence-corrected chi connectivity index (χ1v) is 8.23. The topological polar surface area (TPSA) is 0 Å². The molecule has 20 heavy (non-hydrogen) atoms. The van der Waals surface area contributed by atoms with E-state index in [2.05, 4.69) is 72.1 Å². The van der Waals surface area contributed by atoms with E-state index in [9.17, 15) is 0 Å². The van der Waals surface area contributed by atoms with E-state index < -0.39 is 0 Å². The molecule has 0 atom stereocenters. The first-order valence-electron chi connectivity index (χ1n) is 6.54. The summed E-state index contributed by atoms with van der Waals surface area (Å²) in [6.07, 6.45) is 0. The standard InChI is InChI=1S/C18H12S2/c1-4-9-16-13(6-1)12-18(20-16)15-8-3-2-7-14(15)17-10-5-11-19-17/h1-12H. The van der Waals surface area contributed by atoms with Crippen molar-refractivity contribution in [1.82, 2.24) is 0 Å². The number of hydrogen-bond acceptors (Lipinski definition) is 2. The second-order valence-corrected chi connectivity index (χ2v) is 6.70.